The summed E-state index contributed by atoms with van der Waals surface area (Å²) in [5.74, 6) is 3.27. The molecule has 60 valence electrons. The fourth-order valence-electron chi connectivity index (χ4n) is 1.28. The number of hydrogen-bond donors (Lipinski definition) is 1. The van der Waals surface area contributed by atoms with Crippen molar-refractivity contribution in [3.05, 3.63) is 0 Å². The summed E-state index contributed by atoms with van der Waals surface area (Å²) in [6.07, 6.45) is 1.29. The van der Waals surface area contributed by atoms with Gasteiger partial charge in [0.1, 0.15) is 0 Å². The highest BCUT2D eigenvalue weighted by molar-refractivity contribution is 7.99. The van der Waals surface area contributed by atoms with Crippen LogP contribution in [0.25, 0.3) is 0 Å². The van der Waals surface area contributed by atoms with E-state index in [9.17, 15) is 0 Å². The number of thioether (sulfide) groups is 1. The molecule has 0 aromatic rings. The van der Waals surface area contributed by atoms with Gasteiger partial charge in [0.2, 0.25) is 0 Å². The molecule has 1 aliphatic rings. The van der Waals surface area contributed by atoms with Crippen LogP contribution in [0, 0.1) is 11.3 Å². The van der Waals surface area contributed by atoms with E-state index in [4.69, 9.17) is 5.11 Å². The van der Waals surface area contributed by atoms with Crippen LogP contribution in [0.5, 0.6) is 0 Å². The molecule has 1 fully saturated rings. The Morgan fingerprint density at radius 3 is 2.70 bits per heavy atom. The minimum absolute atomic E-state index is 0.156. The van der Waals surface area contributed by atoms with Crippen molar-refractivity contribution >= 4 is 11.8 Å². The molecule has 1 aliphatic heterocycles. The summed E-state index contributed by atoms with van der Waals surface area (Å²) in [7, 11) is 0. The smallest absolute Gasteiger partial charge is 0.0485 e. The van der Waals surface area contributed by atoms with E-state index in [2.05, 4.69) is 13.8 Å². The molecule has 0 radical (unpaired) electrons. The van der Waals surface area contributed by atoms with Gasteiger partial charge in [-0.3, -0.25) is 0 Å². The number of rotatable bonds is 2. The molecule has 1 rings (SSSR count). The van der Waals surface area contributed by atoms with Crippen LogP contribution in [0.1, 0.15) is 20.3 Å². The topological polar surface area (TPSA) is 20.2 Å². The Hall–Kier alpha value is 0.310. The zero-order valence-electron chi connectivity index (χ0n) is 6.76. The molecule has 0 aromatic carbocycles. The molecule has 0 saturated carbocycles. The summed E-state index contributed by atoms with van der Waals surface area (Å²) in [5.41, 5.74) is 0.156. The van der Waals surface area contributed by atoms with E-state index in [-0.39, 0.29) is 5.41 Å². The predicted molar refractivity (Wildman–Crippen MR) is 46.3 cm³/mol. The largest absolute Gasteiger partial charge is 0.396 e. The summed E-state index contributed by atoms with van der Waals surface area (Å²) in [5, 5.41) is 9.05. The maximum Gasteiger partial charge on any atom is 0.0485 e. The van der Waals surface area contributed by atoms with E-state index in [0.29, 0.717) is 6.61 Å². The van der Waals surface area contributed by atoms with Gasteiger partial charge in [-0.05, 0) is 29.3 Å². The molecule has 1 saturated heterocycles. The molecule has 0 aromatic heterocycles. The molecule has 10 heavy (non-hydrogen) atoms. The first-order chi connectivity index (χ1) is 4.67. The zero-order valence-corrected chi connectivity index (χ0v) is 7.58. The lowest BCUT2D eigenvalue weighted by atomic mass is 9.79. The standard InChI is InChI=1S/C8H16OS/c1-8(2,6-9)7-3-4-10-5-7/h7,9H,3-6H2,1-2H3. The highest BCUT2D eigenvalue weighted by atomic mass is 32.2. The Balaban J connectivity index is 2.45. The van der Waals surface area contributed by atoms with Crippen LogP contribution in [0.4, 0.5) is 0 Å². The molecule has 1 N–H and O–H groups in total. The Kier molecular flexibility index (Phi) is 2.64. The third-order valence-electron chi connectivity index (χ3n) is 2.44. The highest BCUT2D eigenvalue weighted by Crippen LogP contribution is 2.37. The summed E-state index contributed by atoms with van der Waals surface area (Å²) < 4.78 is 0. The van der Waals surface area contributed by atoms with Crippen LogP contribution in [0.3, 0.4) is 0 Å². The van der Waals surface area contributed by atoms with Gasteiger partial charge in [0, 0.05) is 6.61 Å². The summed E-state index contributed by atoms with van der Waals surface area (Å²) in [6.45, 7) is 4.64. The molecule has 2 heteroatoms. The maximum absolute atomic E-state index is 9.05. The second kappa shape index (κ2) is 3.14. The van der Waals surface area contributed by atoms with E-state index < -0.39 is 0 Å². The van der Waals surface area contributed by atoms with Gasteiger partial charge < -0.3 is 5.11 Å². The lowest BCUT2D eigenvalue weighted by Crippen LogP contribution is -2.27. The fraction of sp³-hybridized carbons (Fsp3) is 1.00. The molecule has 1 atom stereocenters. The third-order valence-corrected chi connectivity index (χ3v) is 3.60. The Morgan fingerprint density at radius 2 is 2.30 bits per heavy atom. The molecule has 1 heterocycles. The fourth-order valence-corrected chi connectivity index (χ4v) is 2.80. The van der Waals surface area contributed by atoms with Gasteiger partial charge in [-0.1, -0.05) is 13.8 Å². The van der Waals surface area contributed by atoms with E-state index >= 15 is 0 Å². The van der Waals surface area contributed by atoms with Crippen molar-refractivity contribution in [2.45, 2.75) is 20.3 Å². The minimum Gasteiger partial charge on any atom is -0.396 e. The Morgan fingerprint density at radius 1 is 1.60 bits per heavy atom. The lowest BCUT2D eigenvalue weighted by Gasteiger charge is -2.28. The molecular formula is C8H16OS. The van der Waals surface area contributed by atoms with E-state index in [1.54, 1.807) is 0 Å². The van der Waals surface area contributed by atoms with Gasteiger partial charge >= 0.3 is 0 Å². The zero-order chi connectivity index (χ0) is 7.61. The molecule has 0 amide bonds. The van der Waals surface area contributed by atoms with Crippen molar-refractivity contribution in [3.63, 3.8) is 0 Å². The van der Waals surface area contributed by atoms with Crippen molar-refractivity contribution in [2.24, 2.45) is 11.3 Å². The third kappa shape index (κ3) is 1.67. The number of aliphatic hydroxyl groups is 1. The van der Waals surface area contributed by atoms with Crippen LogP contribution in [0.2, 0.25) is 0 Å². The van der Waals surface area contributed by atoms with Gasteiger partial charge in [0.05, 0.1) is 0 Å². The second-order valence-electron chi connectivity index (χ2n) is 3.71. The van der Waals surface area contributed by atoms with Crippen LogP contribution in [-0.4, -0.2) is 23.2 Å². The first-order valence-corrected chi connectivity index (χ1v) is 5.01. The van der Waals surface area contributed by atoms with Crippen molar-refractivity contribution in [1.82, 2.24) is 0 Å². The van der Waals surface area contributed by atoms with Crippen molar-refractivity contribution in [2.75, 3.05) is 18.1 Å². The van der Waals surface area contributed by atoms with Crippen LogP contribution < -0.4 is 0 Å². The Bertz CT molecular complexity index is 106. The predicted octanol–water partition coefficient (Wildman–Crippen LogP) is 1.76. The van der Waals surface area contributed by atoms with E-state index in [1.165, 1.54) is 17.9 Å². The number of hydrogen-bond acceptors (Lipinski definition) is 2. The van der Waals surface area contributed by atoms with Gasteiger partial charge in [-0.15, -0.1) is 0 Å². The molecule has 1 unspecified atom stereocenters. The maximum atomic E-state index is 9.05. The molecule has 0 bridgehead atoms. The van der Waals surface area contributed by atoms with Crippen molar-refractivity contribution in [3.8, 4) is 0 Å². The second-order valence-corrected chi connectivity index (χ2v) is 4.86. The van der Waals surface area contributed by atoms with Crippen LogP contribution in [0.15, 0.2) is 0 Å². The first kappa shape index (κ1) is 8.41. The van der Waals surface area contributed by atoms with Crippen LogP contribution in [-0.2, 0) is 0 Å². The van der Waals surface area contributed by atoms with E-state index in [0.717, 1.165) is 5.92 Å². The Labute approximate surface area is 67.2 Å². The molecule has 1 nitrogen and oxygen atoms in total. The average Bonchev–Trinajstić information content (AvgIpc) is 2.38. The monoisotopic (exact) mass is 160 g/mol. The highest BCUT2D eigenvalue weighted by Gasteiger charge is 2.31. The number of aliphatic hydroxyl groups excluding tert-OH is 1. The lowest BCUT2D eigenvalue weighted by molar-refractivity contribution is 0.108. The van der Waals surface area contributed by atoms with Crippen LogP contribution >= 0.6 is 11.8 Å². The first-order valence-electron chi connectivity index (χ1n) is 3.85. The summed E-state index contributed by atoms with van der Waals surface area (Å²) in [6, 6.07) is 0. The van der Waals surface area contributed by atoms with Gasteiger partial charge in [-0.2, -0.15) is 11.8 Å². The van der Waals surface area contributed by atoms with E-state index in [1.807, 2.05) is 11.8 Å². The average molecular weight is 160 g/mol. The van der Waals surface area contributed by atoms with Gasteiger partial charge in [0.25, 0.3) is 0 Å². The molecular weight excluding hydrogens is 144 g/mol. The van der Waals surface area contributed by atoms with Crippen molar-refractivity contribution in [1.29, 1.82) is 0 Å². The van der Waals surface area contributed by atoms with Gasteiger partial charge in [0.15, 0.2) is 0 Å². The van der Waals surface area contributed by atoms with Gasteiger partial charge in [-0.25, -0.2) is 0 Å². The quantitative estimate of drug-likeness (QED) is 0.664. The SMILES string of the molecule is CC(C)(CO)C1CCSC1. The molecule has 0 spiro atoms. The summed E-state index contributed by atoms with van der Waals surface area (Å²) >= 11 is 2.01. The minimum atomic E-state index is 0.156. The van der Waals surface area contributed by atoms with Crippen molar-refractivity contribution < 1.29 is 5.11 Å². The molecule has 0 aliphatic carbocycles. The normalized spacial score (nSPS) is 27.3. The summed E-state index contributed by atoms with van der Waals surface area (Å²) in [4.78, 5) is 0.